The number of fused-ring (bicyclic) bond motifs is 6. The normalized spacial score (nSPS) is 13.2. The van der Waals surface area contributed by atoms with Crippen molar-refractivity contribution in [3.63, 3.8) is 0 Å². The Bertz CT molecular complexity index is 2190. The van der Waals surface area contributed by atoms with Crippen LogP contribution in [0.4, 0.5) is 0 Å². The van der Waals surface area contributed by atoms with Gasteiger partial charge in [0.05, 0.1) is 0 Å². The Morgan fingerprint density at radius 1 is 0.761 bits per heavy atom. The van der Waals surface area contributed by atoms with Crippen molar-refractivity contribution in [3.8, 4) is 11.8 Å². The SMILES string of the molecule is CN1[C-]=NC(CCc2cn(C)[c-]n2)C1.[Au].[Au].[C-]#Cc1ccc2c(c1)oc1ccccc12.[C-]#Cc1ccc2oc3ccccc3c2c1. The zero-order chi connectivity index (χ0) is 30.5. The summed E-state index contributed by atoms with van der Waals surface area (Å²) < 4.78 is 13.2. The number of nitrogens with zero attached hydrogens (tertiary/aromatic N) is 4. The van der Waals surface area contributed by atoms with Gasteiger partial charge in [0.1, 0.15) is 22.3 Å². The molecule has 3 aromatic heterocycles. The second-order valence-electron chi connectivity index (χ2n) is 10.6. The molecule has 1 atom stereocenters. The fraction of sp³-hybridized carbons (Fsp3) is 0.158. The van der Waals surface area contributed by atoms with Gasteiger partial charge in [-0.25, -0.2) is 0 Å². The largest absolute Gasteiger partial charge is 0.538 e. The van der Waals surface area contributed by atoms with E-state index in [4.69, 9.17) is 21.7 Å². The minimum absolute atomic E-state index is 0. The van der Waals surface area contributed by atoms with E-state index in [1.54, 1.807) is 0 Å². The van der Waals surface area contributed by atoms with Crippen molar-refractivity contribution in [2.45, 2.75) is 18.9 Å². The van der Waals surface area contributed by atoms with Crippen molar-refractivity contribution < 1.29 is 53.6 Å². The summed E-state index contributed by atoms with van der Waals surface area (Å²) in [6.07, 6.45) is 24.0. The number of imidazole rings is 1. The summed E-state index contributed by atoms with van der Waals surface area (Å²) in [4.78, 5) is 10.4. The van der Waals surface area contributed by atoms with E-state index in [9.17, 15) is 0 Å². The van der Waals surface area contributed by atoms with Gasteiger partial charge in [-0.3, -0.25) is 18.2 Å². The van der Waals surface area contributed by atoms with Crippen LogP contribution in [0.3, 0.4) is 0 Å². The predicted octanol–water partition coefficient (Wildman–Crippen LogP) is 7.41. The third kappa shape index (κ3) is 7.94. The van der Waals surface area contributed by atoms with Crippen molar-refractivity contribution >= 4 is 50.2 Å². The smallest absolute Gasteiger partial charge is 0.135 e. The zero-order valence-corrected chi connectivity index (χ0v) is 29.4. The Balaban J connectivity index is 0.000000153. The summed E-state index contributed by atoms with van der Waals surface area (Å²) in [5, 5.41) is 4.33. The van der Waals surface area contributed by atoms with Crippen molar-refractivity contribution in [1.82, 2.24) is 14.5 Å². The van der Waals surface area contributed by atoms with Gasteiger partial charge in [-0.15, -0.1) is 35.5 Å². The minimum Gasteiger partial charge on any atom is -0.538 e. The van der Waals surface area contributed by atoms with E-state index in [-0.39, 0.29) is 44.8 Å². The van der Waals surface area contributed by atoms with Crippen LogP contribution in [0, 0.1) is 31.0 Å². The first-order valence-corrected chi connectivity index (χ1v) is 14.3. The standard InChI is InChI=1S/2C14H7O.C10H14N4.2Au/c1-2-10-7-8-14-12(9-10)11-5-3-4-6-13(11)15-14;1-2-10-7-8-12-11-5-3-4-6-13(11)15-14(12)9-10;1-13-5-9(11-7-13)3-4-10-6-14(2)8-12-10;;/h2*3-9H;5,10H,3-4,6H2,1-2H3;;/q2*-1;-2;;. The number of aromatic nitrogens is 2. The van der Waals surface area contributed by atoms with E-state index < -0.39 is 0 Å². The molecule has 0 N–H and O–H groups in total. The summed E-state index contributed by atoms with van der Waals surface area (Å²) in [6.45, 7) is 0.983. The molecule has 0 saturated heterocycles. The van der Waals surface area contributed by atoms with E-state index in [0.29, 0.717) is 6.04 Å². The molecule has 7 aromatic rings. The number of benzene rings is 4. The molecule has 0 spiro atoms. The van der Waals surface area contributed by atoms with E-state index in [2.05, 4.69) is 34.5 Å². The van der Waals surface area contributed by atoms with E-state index >= 15 is 0 Å². The van der Waals surface area contributed by atoms with Crippen molar-refractivity contribution in [1.29, 1.82) is 0 Å². The molecular weight excluding hydrogens is 938 g/mol. The fourth-order valence-corrected chi connectivity index (χ4v) is 5.20. The van der Waals surface area contributed by atoms with Gasteiger partial charge in [-0.05, 0) is 38.7 Å². The third-order valence-electron chi connectivity index (χ3n) is 7.37. The maximum atomic E-state index is 7.10. The van der Waals surface area contributed by atoms with E-state index in [1.165, 1.54) is 0 Å². The molecule has 1 aliphatic heterocycles. The number of furan rings is 2. The molecular formula is C38H28Au2N4O2-4. The second-order valence-corrected chi connectivity index (χ2v) is 10.6. The summed E-state index contributed by atoms with van der Waals surface area (Å²) in [6, 6.07) is 27.5. The molecule has 4 heterocycles. The van der Waals surface area contributed by atoms with Crippen LogP contribution in [0.15, 0.2) is 105 Å². The molecule has 0 fully saturated rings. The number of rotatable bonds is 3. The number of para-hydroxylation sites is 2. The molecule has 0 amide bonds. The molecule has 1 aliphatic rings. The van der Waals surface area contributed by atoms with Gasteiger partial charge >= 0.3 is 0 Å². The summed E-state index contributed by atoms with van der Waals surface area (Å²) in [5.74, 6) is 4.74. The summed E-state index contributed by atoms with van der Waals surface area (Å²) in [7, 11) is 3.93. The van der Waals surface area contributed by atoms with Crippen LogP contribution in [0.1, 0.15) is 23.2 Å². The van der Waals surface area contributed by atoms with Crippen molar-refractivity contribution in [2.24, 2.45) is 12.0 Å². The molecule has 8 rings (SSSR count). The maximum absolute atomic E-state index is 7.10. The van der Waals surface area contributed by atoms with E-state index in [1.807, 2.05) is 115 Å². The number of likely N-dealkylation sites (N-methyl/N-ethyl adjacent to an activating group) is 1. The molecule has 1 unspecified atom stereocenters. The van der Waals surface area contributed by atoms with Gasteiger partial charge in [0.25, 0.3) is 0 Å². The average molecular weight is 967 g/mol. The molecule has 0 aliphatic carbocycles. The van der Waals surface area contributed by atoms with Gasteiger partial charge in [0.2, 0.25) is 0 Å². The number of aliphatic imine (C=N–C) groups is 1. The van der Waals surface area contributed by atoms with Crippen LogP contribution in [0.2, 0.25) is 0 Å². The van der Waals surface area contributed by atoms with Crippen LogP contribution >= 0.6 is 0 Å². The van der Waals surface area contributed by atoms with Gasteiger partial charge in [0.15, 0.2) is 0 Å². The fourth-order valence-electron chi connectivity index (χ4n) is 5.20. The predicted molar refractivity (Wildman–Crippen MR) is 174 cm³/mol. The van der Waals surface area contributed by atoms with Crippen LogP contribution < -0.4 is 0 Å². The average Bonchev–Trinajstić information content (AvgIpc) is 3.84. The molecule has 0 saturated carbocycles. The Hall–Kier alpha value is -4.24. The molecule has 0 bridgehead atoms. The number of hydrogen-bond acceptors (Lipinski definition) is 5. The summed E-state index contributed by atoms with van der Waals surface area (Å²) in [5.41, 5.74) is 6.04. The Kier molecular flexibility index (Phi) is 11.9. The number of aryl methyl sites for hydroxylation is 2. The Morgan fingerprint density at radius 2 is 1.35 bits per heavy atom. The van der Waals surface area contributed by atoms with Gasteiger partial charge < -0.3 is 41.1 Å². The molecule has 8 heteroatoms. The Labute approximate surface area is 299 Å². The van der Waals surface area contributed by atoms with Crippen molar-refractivity contribution in [3.05, 3.63) is 127 Å². The monoisotopic (exact) mass is 966 g/mol. The third-order valence-corrected chi connectivity index (χ3v) is 7.37. The van der Waals surface area contributed by atoms with Gasteiger partial charge in [-0.2, -0.15) is 0 Å². The maximum Gasteiger partial charge on any atom is 0.135 e. The number of hydrogen-bond donors (Lipinski definition) is 0. The molecule has 6 nitrogen and oxygen atoms in total. The molecule has 238 valence electrons. The minimum atomic E-state index is 0. The van der Waals surface area contributed by atoms with Crippen molar-refractivity contribution in [2.75, 3.05) is 13.6 Å². The second kappa shape index (κ2) is 15.9. The quantitative estimate of drug-likeness (QED) is 0.105. The first-order valence-electron chi connectivity index (χ1n) is 14.3. The van der Waals surface area contributed by atoms with Crippen LogP contribution in [-0.4, -0.2) is 40.4 Å². The zero-order valence-electron chi connectivity index (χ0n) is 25.1. The van der Waals surface area contributed by atoms with Crippen LogP contribution in [0.5, 0.6) is 0 Å². The first kappa shape index (κ1) is 34.6. The van der Waals surface area contributed by atoms with Gasteiger partial charge in [0, 0.05) is 85.2 Å². The van der Waals surface area contributed by atoms with E-state index in [0.717, 1.165) is 80.1 Å². The van der Waals surface area contributed by atoms with Crippen LogP contribution in [0.25, 0.3) is 43.9 Å². The first-order chi connectivity index (χ1) is 21.5. The van der Waals surface area contributed by atoms with Gasteiger partial charge in [-0.1, -0.05) is 60.6 Å². The molecule has 46 heavy (non-hydrogen) atoms. The molecule has 4 aromatic carbocycles. The molecule has 2 radical (unpaired) electrons. The Morgan fingerprint density at radius 3 is 1.98 bits per heavy atom. The van der Waals surface area contributed by atoms with Crippen LogP contribution in [-0.2, 0) is 58.2 Å². The topological polar surface area (TPSA) is 59.7 Å². The summed E-state index contributed by atoms with van der Waals surface area (Å²) >= 11 is 0.